The molecule has 1 aliphatic heterocycles. The van der Waals surface area contributed by atoms with E-state index >= 15 is 0 Å². The zero-order chi connectivity index (χ0) is 22.9. The van der Waals surface area contributed by atoms with Crippen LogP contribution in [0.5, 0.6) is 5.75 Å². The van der Waals surface area contributed by atoms with Gasteiger partial charge in [0.2, 0.25) is 0 Å². The number of benzene rings is 1. The molecule has 0 radical (unpaired) electrons. The van der Waals surface area contributed by atoms with Crippen LogP contribution in [-0.2, 0) is 23.6 Å². The van der Waals surface area contributed by atoms with E-state index in [4.69, 9.17) is 9.47 Å². The van der Waals surface area contributed by atoms with Gasteiger partial charge in [0.1, 0.15) is 11.6 Å². The normalized spacial score (nSPS) is 15.5. The molecule has 1 aromatic heterocycles. The van der Waals surface area contributed by atoms with Gasteiger partial charge in [0.05, 0.1) is 30.3 Å². The van der Waals surface area contributed by atoms with Crippen LogP contribution in [0.3, 0.4) is 0 Å². The van der Waals surface area contributed by atoms with Crippen LogP contribution < -0.4 is 21.3 Å². The number of nitrogens with zero attached hydrogens (tertiary/aromatic N) is 2. The van der Waals surface area contributed by atoms with Crippen molar-refractivity contribution in [2.45, 2.75) is 33.6 Å². The monoisotopic (exact) mass is 427 g/mol. The smallest absolute Gasteiger partial charge is 0.336 e. The quantitative estimate of drug-likeness (QED) is 0.713. The summed E-state index contributed by atoms with van der Waals surface area (Å²) in [6.45, 7) is 8.36. The molecular weight excluding hydrogens is 398 g/mol. The largest absolute Gasteiger partial charge is 0.494 e. The van der Waals surface area contributed by atoms with Crippen LogP contribution in [0.1, 0.15) is 44.7 Å². The maximum atomic E-state index is 13.2. The fourth-order valence-corrected chi connectivity index (χ4v) is 3.73. The summed E-state index contributed by atoms with van der Waals surface area (Å²) in [5.74, 6) is 0.0749. The molecular formula is C23H29N3O5. The summed E-state index contributed by atoms with van der Waals surface area (Å²) in [7, 11) is 3.03. The average Bonchev–Trinajstić information content (AvgIpc) is 2.74. The number of hydrogen-bond donors (Lipinski definition) is 1. The molecule has 1 atom stereocenters. The van der Waals surface area contributed by atoms with Crippen LogP contribution in [0, 0.1) is 5.92 Å². The van der Waals surface area contributed by atoms with E-state index < -0.39 is 23.1 Å². The Morgan fingerprint density at radius 3 is 2.35 bits per heavy atom. The summed E-state index contributed by atoms with van der Waals surface area (Å²) in [5.41, 5.74) is 1.07. The number of fused-ring (bicyclic) bond motifs is 1. The van der Waals surface area contributed by atoms with Crippen molar-refractivity contribution in [2.75, 3.05) is 18.5 Å². The van der Waals surface area contributed by atoms with Gasteiger partial charge in [0.25, 0.3) is 5.56 Å². The number of carbonyl (C=O) groups excluding carboxylic acids is 1. The highest BCUT2D eigenvalue weighted by molar-refractivity contribution is 5.94. The maximum Gasteiger partial charge on any atom is 0.336 e. The van der Waals surface area contributed by atoms with E-state index in [-0.39, 0.29) is 12.5 Å². The van der Waals surface area contributed by atoms with Crippen LogP contribution in [0.15, 0.2) is 45.1 Å². The zero-order valence-electron chi connectivity index (χ0n) is 18.8. The highest BCUT2D eigenvalue weighted by atomic mass is 16.5. The molecule has 0 saturated heterocycles. The van der Waals surface area contributed by atoms with E-state index in [1.807, 2.05) is 32.9 Å². The van der Waals surface area contributed by atoms with E-state index in [0.717, 1.165) is 10.1 Å². The Labute approximate surface area is 181 Å². The van der Waals surface area contributed by atoms with Crippen LogP contribution in [0.2, 0.25) is 0 Å². The highest BCUT2D eigenvalue weighted by Crippen LogP contribution is 2.40. The number of ether oxygens (including phenoxy) is 2. The molecule has 0 saturated carbocycles. The van der Waals surface area contributed by atoms with Crippen molar-refractivity contribution in [1.82, 2.24) is 9.13 Å². The number of rotatable bonds is 6. The van der Waals surface area contributed by atoms with E-state index in [1.54, 1.807) is 26.1 Å². The van der Waals surface area contributed by atoms with Crippen molar-refractivity contribution in [3.63, 3.8) is 0 Å². The second-order valence-electron chi connectivity index (χ2n) is 8.06. The Balaban J connectivity index is 2.23. The number of hydrogen-bond acceptors (Lipinski definition) is 6. The summed E-state index contributed by atoms with van der Waals surface area (Å²) < 4.78 is 13.5. The standard InChI is InChI=1S/C23H29N3O5/c1-7-30-16-10-8-15(9-11-16)18-17(22(28)31-12-13(2)3)14(4)24-20-19(18)21(27)26(6)23(29)25(20)5/h8-11,13,18,24H,7,12H2,1-6H3/t18-/m1/s1. The molecule has 3 rings (SSSR count). The number of esters is 1. The lowest BCUT2D eigenvalue weighted by Crippen LogP contribution is -2.43. The summed E-state index contributed by atoms with van der Waals surface area (Å²) in [6.07, 6.45) is 0. The molecule has 0 amide bonds. The molecule has 8 heteroatoms. The molecule has 1 aromatic carbocycles. The molecule has 0 unspecified atom stereocenters. The van der Waals surface area contributed by atoms with Crippen LogP contribution in [-0.4, -0.2) is 28.3 Å². The topological polar surface area (TPSA) is 91.6 Å². The Bertz CT molecular complexity index is 1140. The van der Waals surface area contributed by atoms with Gasteiger partial charge >= 0.3 is 11.7 Å². The summed E-state index contributed by atoms with van der Waals surface area (Å²) in [6, 6.07) is 7.27. The Kier molecular flexibility index (Phi) is 6.38. The summed E-state index contributed by atoms with van der Waals surface area (Å²) in [5, 5.41) is 3.09. The van der Waals surface area contributed by atoms with Gasteiger partial charge in [-0.25, -0.2) is 9.59 Å². The molecule has 8 nitrogen and oxygen atoms in total. The molecule has 0 spiro atoms. The SMILES string of the molecule is CCOc1ccc([C@@H]2C(C(=O)OCC(C)C)=C(C)Nc3c2c(=O)n(C)c(=O)n3C)cc1. The number of aromatic nitrogens is 2. The molecule has 2 aromatic rings. The fraction of sp³-hybridized carbons (Fsp3) is 0.435. The molecule has 1 N–H and O–H groups in total. The van der Waals surface area contributed by atoms with Crippen molar-refractivity contribution in [1.29, 1.82) is 0 Å². The van der Waals surface area contributed by atoms with E-state index in [2.05, 4.69) is 5.32 Å². The van der Waals surface area contributed by atoms with Crippen molar-refractivity contribution < 1.29 is 14.3 Å². The fourth-order valence-electron chi connectivity index (χ4n) is 3.73. The van der Waals surface area contributed by atoms with Crippen LogP contribution in [0.25, 0.3) is 0 Å². The van der Waals surface area contributed by atoms with Crippen LogP contribution >= 0.6 is 0 Å². The highest BCUT2D eigenvalue weighted by Gasteiger charge is 2.37. The summed E-state index contributed by atoms with van der Waals surface area (Å²) >= 11 is 0. The second kappa shape index (κ2) is 8.83. The lowest BCUT2D eigenvalue weighted by molar-refractivity contribution is -0.140. The Hall–Kier alpha value is -3.29. The molecule has 2 heterocycles. The van der Waals surface area contributed by atoms with E-state index in [9.17, 15) is 14.4 Å². The van der Waals surface area contributed by atoms with Crippen molar-refractivity contribution in [2.24, 2.45) is 20.0 Å². The number of carbonyl (C=O) groups is 1. The third-order valence-electron chi connectivity index (χ3n) is 5.28. The maximum absolute atomic E-state index is 13.2. The van der Waals surface area contributed by atoms with Crippen molar-refractivity contribution in [3.05, 3.63) is 67.5 Å². The first-order chi connectivity index (χ1) is 14.7. The minimum Gasteiger partial charge on any atom is -0.494 e. The molecule has 0 aliphatic carbocycles. The van der Waals surface area contributed by atoms with Gasteiger partial charge in [-0.05, 0) is 37.5 Å². The molecule has 1 aliphatic rings. The number of allylic oxidation sites excluding steroid dienone is 1. The second-order valence-corrected chi connectivity index (χ2v) is 8.06. The number of nitrogens with one attached hydrogen (secondary N) is 1. The van der Waals surface area contributed by atoms with E-state index in [1.165, 1.54) is 11.6 Å². The average molecular weight is 428 g/mol. The van der Waals surface area contributed by atoms with Gasteiger partial charge in [-0.3, -0.25) is 13.9 Å². The molecule has 0 fully saturated rings. The lowest BCUT2D eigenvalue weighted by Gasteiger charge is -2.31. The zero-order valence-corrected chi connectivity index (χ0v) is 18.8. The van der Waals surface area contributed by atoms with Gasteiger partial charge < -0.3 is 14.8 Å². The third-order valence-corrected chi connectivity index (χ3v) is 5.28. The van der Waals surface area contributed by atoms with Crippen molar-refractivity contribution >= 4 is 11.8 Å². The predicted molar refractivity (Wildman–Crippen MR) is 118 cm³/mol. The Morgan fingerprint density at radius 1 is 1.13 bits per heavy atom. The van der Waals surface area contributed by atoms with Crippen LogP contribution in [0.4, 0.5) is 5.82 Å². The van der Waals surface area contributed by atoms with Gasteiger partial charge in [0.15, 0.2) is 0 Å². The van der Waals surface area contributed by atoms with Crippen molar-refractivity contribution in [3.8, 4) is 5.75 Å². The van der Waals surface area contributed by atoms with Gasteiger partial charge in [-0.15, -0.1) is 0 Å². The minimum atomic E-state index is -0.683. The first-order valence-corrected chi connectivity index (χ1v) is 10.3. The first kappa shape index (κ1) is 22.4. The minimum absolute atomic E-state index is 0.173. The molecule has 0 bridgehead atoms. The van der Waals surface area contributed by atoms with Gasteiger partial charge in [0, 0.05) is 19.8 Å². The van der Waals surface area contributed by atoms with E-state index in [0.29, 0.717) is 35.0 Å². The Morgan fingerprint density at radius 2 is 1.77 bits per heavy atom. The lowest BCUT2D eigenvalue weighted by atomic mass is 9.82. The number of anilines is 1. The summed E-state index contributed by atoms with van der Waals surface area (Å²) in [4.78, 5) is 38.8. The van der Waals surface area contributed by atoms with Gasteiger partial charge in [-0.1, -0.05) is 26.0 Å². The first-order valence-electron chi connectivity index (χ1n) is 10.3. The molecule has 166 valence electrons. The molecule has 31 heavy (non-hydrogen) atoms. The third kappa shape index (κ3) is 4.15. The van der Waals surface area contributed by atoms with Gasteiger partial charge in [-0.2, -0.15) is 0 Å². The predicted octanol–water partition coefficient (Wildman–Crippen LogP) is 2.51.